The number of nitrogens with one attached hydrogen (secondary N) is 1. The maximum Gasteiger partial charge on any atom is 0.163 e. The van der Waals surface area contributed by atoms with Gasteiger partial charge in [0.1, 0.15) is 0 Å². The summed E-state index contributed by atoms with van der Waals surface area (Å²) in [7, 11) is 0. The minimum Gasteiger partial charge on any atom is -0.308 e. The second-order valence-corrected chi connectivity index (χ2v) is 5.40. The summed E-state index contributed by atoms with van der Waals surface area (Å²) in [5, 5.41) is 3.31. The lowest BCUT2D eigenvalue weighted by Gasteiger charge is -2.21. The molecule has 1 aromatic rings. The molecule has 1 aromatic carbocycles. The third-order valence-corrected chi connectivity index (χ3v) is 3.16. The summed E-state index contributed by atoms with van der Waals surface area (Å²) in [5.74, 6) is -0.861. The largest absolute Gasteiger partial charge is 0.308 e. The predicted octanol–water partition coefficient (Wildman–Crippen LogP) is 4.44. The fourth-order valence-corrected chi connectivity index (χ4v) is 2.04. The maximum absolute atomic E-state index is 13.6. The van der Waals surface area contributed by atoms with E-state index in [0.29, 0.717) is 17.5 Å². The molecule has 0 bridgehead atoms. The Labute approximate surface area is 109 Å². The van der Waals surface area contributed by atoms with E-state index in [9.17, 15) is 8.78 Å². The van der Waals surface area contributed by atoms with Gasteiger partial charge in [-0.3, -0.25) is 0 Å². The molecule has 2 atom stereocenters. The number of hydrogen-bond acceptors (Lipinski definition) is 1. The molecule has 0 aliphatic rings. The van der Waals surface area contributed by atoms with E-state index in [1.54, 1.807) is 12.1 Å². The normalized spacial score (nSPS) is 14.8. The third-order valence-electron chi connectivity index (χ3n) is 3.16. The maximum atomic E-state index is 13.6. The zero-order valence-corrected chi connectivity index (χ0v) is 11.6. The monoisotopic (exact) mass is 255 g/mol. The van der Waals surface area contributed by atoms with Gasteiger partial charge in [0.2, 0.25) is 0 Å². The van der Waals surface area contributed by atoms with Gasteiger partial charge in [-0.2, -0.15) is 0 Å². The number of halogens is 2. The Bertz CT molecular complexity index is 377. The van der Waals surface area contributed by atoms with Crippen LogP contribution in [0.3, 0.4) is 0 Å². The highest BCUT2D eigenvalue weighted by molar-refractivity contribution is 5.22. The lowest BCUT2D eigenvalue weighted by atomic mass is 10.0. The van der Waals surface area contributed by atoms with Gasteiger partial charge >= 0.3 is 0 Å². The van der Waals surface area contributed by atoms with Gasteiger partial charge in [-0.15, -0.1) is 0 Å². The van der Waals surface area contributed by atoms with Crippen LogP contribution in [0.4, 0.5) is 8.78 Å². The first-order valence-electron chi connectivity index (χ1n) is 6.61. The molecular formula is C15H23F2N. The van der Waals surface area contributed by atoms with E-state index < -0.39 is 11.6 Å². The van der Waals surface area contributed by atoms with Gasteiger partial charge in [-0.25, -0.2) is 8.78 Å². The molecule has 0 heterocycles. The van der Waals surface area contributed by atoms with Crippen molar-refractivity contribution >= 4 is 0 Å². The predicted molar refractivity (Wildman–Crippen MR) is 71.4 cm³/mol. The minimum atomic E-state index is -0.781. The van der Waals surface area contributed by atoms with Crippen LogP contribution >= 0.6 is 0 Å². The van der Waals surface area contributed by atoms with Crippen LogP contribution in [-0.4, -0.2) is 6.04 Å². The Morgan fingerprint density at radius 1 is 1.06 bits per heavy atom. The van der Waals surface area contributed by atoms with Crippen LogP contribution in [0, 0.1) is 17.6 Å². The van der Waals surface area contributed by atoms with Crippen LogP contribution in [0.1, 0.15) is 52.1 Å². The van der Waals surface area contributed by atoms with Gasteiger partial charge in [-0.05, 0) is 38.7 Å². The van der Waals surface area contributed by atoms with Crippen molar-refractivity contribution in [3.05, 3.63) is 35.4 Å². The van der Waals surface area contributed by atoms with Gasteiger partial charge in [0.15, 0.2) is 11.6 Å². The molecule has 1 N–H and O–H groups in total. The molecule has 2 unspecified atom stereocenters. The van der Waals surface area contributed by atoms with Crippen molar-refractivity contribution in [1.29, 1.82) is 0 Å². The molecule has 0 fully saturated rings. The Balaban J connectivity index is 2.59. The smallest absolute Gasteiger partial charge is 0.163 e. The molecule has 0 aliphatic carbocycles. The van der Waals surface area contributed by atoms with Crippen molar-refractivity contribution in [3.63, 3.8) is 0 Å². The molecule has 102 valence electrons. The van der Waals surface area contributed by atoms with Gasteiger partial charge in [0, 0.05) is 17.6 Å². The number of hydrogen-bond donors (Lipinski definition) is 1. The van der Waals surface area contributed by atoms with Crippen LogP contribution in [-0.2, 0) is 0 Å². The highest BCUT2D eigenvalue weighted by atomic mass is 19.2. The summed E-state index contributed by atoms with van der Waals surface area (Å²) >= 11 is 0. The summed E-state index contributed by atoms with van der Waals surface area (Å²) in [6, 6.07) is 4.44. The van der Waals surface area contributed by atoms with Gasteiger partial charge in [0.05, 0.1) is 0 Å². The molecular weight excluding hydrogens is 232 g/mol. The highest BCUT2D eigenvalue weighted by Crippen LogP contribution is 2.20. The van der Waals surface area contributed by atoms with E-state index >= 15 is 0 Å². The van der Waals surface area contributed by atoms with Crippen molar-refractivity contribution in [2.24, 2.45) is 5.92 Å². The first-order chi connectivity index (χ1) is 8.41. The van der Waals surface area contributed by atoms with E-state index in [2.05, 4.69) is 26.1 Å². The SMILES string of the molecule is CC(C)CCC(C)NC(C)c1cccc(F)c1F. The average Bonchev–Trinajstić information content (AvgIpc) is 2.30. The van der Waals surface area contributed by atoms with E-state index in [1.807, 2.05) is 6.92 Å². The quantitative estimate of drug-likeness (QED) is 0.792. The van der Waals surface area contributed by atoms with Crippen molar-refractivity contribution in [2.45, 2.75) is 52.6 Å². The Kier molecular flexibility index (Phi) is 5.73. The van der Waals surface area contributed by atoms with Crippen LogP contribution < -0.4 is 5.32 Å². The molecule has 3 heteroatoms. The van der Waals surface area contributed by atoms with Crippen molar-refractivity contribution in [2.75, 3.05) is 0 Å². The highest BCUT2D eigenvalue weighted by Gasteiger charge is 2.15. The van der Waals surface area contributed by atoms with Crippen molar-refractivity contribution in [3.8, 4) is 0 Å². The first kappa shape index (κ1) is 15.1. The lowest BCUT2D eigenvalue weighted by molar-refractivity contribution is 0.404. The molecule has 0 radical (unpaired) electrons. The van der Waals surface area contributed by atoms with E-state index in [1.165, 1.54) is 0 Å². The average molecular weight is 255 g/mol. The second kappa shape index (κ2) is 6.83. The van der Waals surface area contributed by atoms with Gasteiger partial charge < -0.3 is 5.32 Å². The van der Waals surface area contributed by atoms with Crippen LogP contribution in [0.15, 0.2) is 18.2 Å². The van der Waals surface area contributed by atoms with Crippen molar-refractivity contribution in [1.82, 2.24) is 5.32 Å². The molecule has 18 heavy (non-hydrogen) atoms. The summed E-state index contributed by atoms with van der Waals surface area (Å²) in [6.45, 7) is 8.31. The number of benzene rings is 1. The standard InChI is InChI=1S/C15H23F2N/c1-10(2)8-9-11(3)18-12(4)13-6-5-7-14(16)15(13)17/h5-7,10-12,18H,8-9H2,1-4H3. The first-order valence-corrected chi connectivity index (χ1v) is 6.61. The fourth-order valence-electron chi connectivity index (χ4n) is 2.04. The topological polar surface area (TPSA) is 12.0 Å². The molecule has 1 nitrogen and oxygen atoms in total. The summed E-state index contributed by atoms with van der Waals surface area (Å²) in [6.07, 6.45) is 2.17. The summed E-state index contributed by atoms with van der Waals surface area (Å²) < 4.78 is 26.7. The van der Waals surface area contributed by atoms with Crippen molar-refractivity contribution < 1.29 is 8.78 Å². The zero-order valence-electron chi connectivity index (χ0n) is 11.6. The molecule has 1 rings (SSSR count). The summed E-state index contributed by atoms with van der Waals surface area (Å²) in [5.41, 5.74) is 0.395. The molecule has 0 aliphatic heterocycles. The molecule has 0 aromatic heterocycles. The fraction of sp³-hybridized carbons (Fsp3) is 0.600. The van der Waals surface area contributed by atoms with E-state index in [4.69, 9.17) is 0 Å². The van der Waals surface area contributed by atoms with Crippen LogP contribution in [0.5, 0.6) is 0 Å². The Hall–Kier alpha value is -0.960. The van der Waals surface area contributed by atoms with Gasteiger partial charge in [0.25, 0.3) is 0 Å². The van der Waals surface area contributed by atoms with Crippen LogP contribution in [0.2, 0.25) is 0 Å². The molecule has 0 amide bonds. The van der Waals surface area contributed by atoms with Gasteiger partial charge in [-0.1, -0.05) is 26.0 Å². The van der Waals surface area contributed by atoms with E-state index in [-0.39, 0.29) is 6.04 Å². The third kappa shape index (κ3) is 4.37. The Morgan fingerprint density at radius 2 is 1.72 bits per heavy atom. The van der Waals surface area contributed by atoms with Crippen LogP contribution in [0.25, 0.3) is 0 Å². The summed E-state index contributed by atoms with van der Waals surface area (Å²) in [4.78, 5) is 0. The second-order valence-electron chi connectivity index (χ2n) is 5.40. The molecule has 0 spiro atoms. The zero-order chi connectivity index (χ0) is 13.7. The molecule has 0 saturated heterocycles. The molecule has 0 saturated carbocycles. The van der Waals surface area contributed by atoms with E-state index in [0.717, 1.165) is 18.9 Å². The Morgan fingerprint density at radius 3 is 2.33 bits per heavy atom. The minimum absolute atomic E-state index is 0.178. The number of rotatable bonds is 6. The lowest BCUT2D eigenvalue weighted by Crippen LogP contribution is -2.29.